The van der Waals surface area contributed by atoms with Crippen molar-refractivity contribution in [2.24, 2.45) is 17.8 Å². The summed E-state index contributed by atoms with van der Waals surface area (Å²) >= 11 is 0. The molecule has 0 aromatic rings. The van der Waals surface area contributed by atoms with Crippen LogP contribution in [0.25, 0.3) is 0 Å². The highest BCUT2D eigenvalue weighted by atomic mass is 19.1. The molecule has 0 radical (unpaired) electrons. The Bertz CT molecular complexity index is 533. The van der Waals surface area contributed by atoms with Crippen molar-refractivity contribution in [3.05, 3.63) is 24.1 Å². The second-order valence-electron chi connectivity index (χ2n) is 7.84. The van der Waals surface area contributed by atoms with Crippen molar-refractivity contribution in [2.45, 2.75) is 83.7 Å². The van der Waals surface area contributed by atoms with Crippen LogP contribution in [0.2, 0.25) is 0 Å². The molecule has 0 saturated heterocycles. The first-order valence-electron chi connectivity index (χ1n) is 10.2. The largest absolute Gasteiger partial charge is 0.462 e. The monoisotopic (exact) mass is 361 g/mol. The molecule has 0 bridgehead atoms. The molecular formula is C22H32FNO2. The maximum atomic E-state index is 12.6. The lowest BCUT2D eigenvalue weighted by Crippen LogP contribution is -2.30. The van der Waals surface area contributed by atoms with E-state index < -0.39 is 5.83 Å². The first-order chi connectivity index (χ1) is 12.6. The lowest BCUT2D eigenvalue weighted by Gasteiger charge is -2.31. The highest BCUT2D eigenvalue weighted by Gasteiger charge is 2.30. The average Bonchev–Trinajstić information content (AvgIpc) is 2.68. The van der Waals surface area contributed by atoms with Crippen molar-refractivity contribution in [1.29, 1.82) is 5.26 Å². The number of carbonyl (C=O) groups excluding carboxylic acids is 1. The van der Waals surface area contributed by atoms with E-state index in [1.807, 2.05) is 6.08 Å². The Morgan fingerprint density at radius 2 is 1.77 bits per heavy atom. The number of ether oxygens (including phenoxy) is 1. The molecule has 0 aromatic heterocycles. The fourth-order valence-corrected chi connectivity index (χ4v) is 4.22. The van der Waals surface area contributed by atoms with Crippen molar-refractivity contribution in [3.8, 4) is 6.07 Å². The standard InChI is InChI=1S/C22H32FNO2/c1-2-17-8-12-19(13-9-17)22(25)26-21-14-10-18(11-15-21)6-4-3-5-7-20(23)16-24/h3,5,7,17-19,21H,2,4,6,8-15H2,1H3/b5-3+,20-7?. The minimum atomic E-state index is -0.758. The third-order valence-electron chi connectivity index (χ3n) is 6.06. The van der Waals surface area contributed by atoms with Gasteiger partial charge in [0.15, 0.2) is 5.83 Å². The predicted octanol–water partition coefficient (Wildman–Crippen LogP) is 6.02. The summed E-state index contributed by atoms with van der Waals surface area (Å²) in [4.78, 5) is 12.4. The number of hydrogen-bond donors (Lipinski definition) is 0. The second kappa shape index (κ2) is 11.2. The van der Waals surface area contributed by atoms with Gasteiger partial charge in [-0.3, -0.25) is 4.79 Å². The Morgan fingerprint density at radius 3 is 2.38 bits per heavy atom. The van der Waals surface area contributed by atoms with Crippen molar-refractivity contribution >= 4 is 5.97 Å². The Balaban J connectivity index is 1.61. The zero-order chi connectivity index (χ0) is 18.8. The molecule has 0 N–H and O–H groups in total. The van der Waals surface area contributed by atoms with Gasteiger partial charge in [-0.05, 0) is 82.1 Å². The lowest BCUT2D eigenvalue weighted by molar-refractivity contribution is -0.157. The van der Waals surface area contributed by atoms with Gasteiger partial charge in [-0.25, -0.2) is 0 Å². The van der Waals surface area contributed by atoms with E-state index in [0.29, 0.717) is 5.92 Å². The highest BCUT2D eigenvalue weighted by Crippen LogP contribution is 2.34. The summed E-state index contributed by atoms with van der Waals surface area (Å²) in [5.41, 5.74) is 0. The summed E-state index contributed by atoms with van der Waals surface area (Å²) in [5, 5.41) is 8.33. The van der Waals surface area contributed by atoms with Crippen LogP contribution in [0, 0.1) is 29.1 Å². The van der Waals surface area contributed by atoms with Crippen molar-refractivity contribution < 1.29 is 13.9 Å². The number of nitrogens with zero attached hydrogens (tertiary/aromatic N) is 1. The third-order valence-corrected chi connectivity index (χ3v) is 6.06. The van der Waals surface area contributed by atoms with E-state index in [1.165, 1.54) is 31.4 Å². The summed E-state index contributed by atoms with van der Waals surface area (Å²) in [5.74, 6) is 0.862. The van der Waals surface area contributed by atoms with E-state index in [1.54, 1.807) is 6.08 Å². The molecule has 2 saturated carbocycles. The van der Waals surface area contributed by atoms with Crippen molar-refractivity contribution in [1.82, 2.24) is 0 Å². The van der Waals surface area contributed by atoms with Crippen LogP contribution in [0.4, 0.5) is 4.39 Å². The minimum Gasteiger partial charge on any atom is -0.462 e. The summed E-state index contributed by atoms with van der Waals surface area (Å²) in [7, 11) is 0. The molecule has 0 amide bonds. The van der Waals surface area contributed by atoms with Gasteiger partial charge in [0.1, 0.15) is 12.2 Å². The molecule has 0 heterocycles. The van der Waals surface area contributed by atoms with Crippen LogP contribution in [-0.4, -0.2) is 12.1 Å². The number of carbonyl (C=O) groups is 1. The first kappa shape index (κ1) is 20.7. The molecule has 144 valence electrons. The number of nitriles is 1. The lowest BCUT2D eigenvalue weighted by atomic mass is 9.80. The fraction of sp³-hybridized carbons (Fsp3) is 0.727. The van der Waals surface area contributed by atoms with Crippen LogP contribution in [-0.2, 0) is 9.53 Å². The van der Waals surface area contributed by atoms with Gasteiger partial charge in [0.2, 0.25) is 0 Å². The molecule has 2 fully saturated rings. The number of hydrogen-bond acceptors (Lipinski definition) is 3. The van der Waals surface area contributed by atoms with Crippen LogP contribution in [0.1, 0.15) is 77.6 Å². The first-order valence-corrected chi connectivity index (χ1v) is 10.2. The van der Waals surface area contributed by atoms with Crippen LogP contribution >= 0.6 is 0 Å². The Morgan fingerprint density at radius 1 is 1.12 bits per heavy atom. The maximum absolute atomic E-state index is 12.6. The highest BCUT2D eigenvalue weighted by molar-refractivity contribution is 5.72. The van der Waals surface area contributed by atoms with Crippen molar-refractivity contribution in [2.75, 3.05) is 0 Å². The average molecular weight is 362 g/mol. The Hall–Kier alpha value is -1.63. The molecule has 2 aliphatic rings. The number of allylic oxidation sites excluding steroid dienone is 4. The molecular weight excluding hydrogens is 329 g/mol. The van der Waals surface area contributed by atoms with E-state index in [-0.39, 0.29) is 18.0 Å². The van der Waals surface area contributed by atoms with Gasteiger partial charge >= 0.3 is 5.97 Å². The second-order valence-corrected chi connectivity index (χ2v) is 7.84. The molecule has 0 unspecified atom stereocenters. The van der Waals surface area contributed by atoms with Crippen LogP contribution in [0.3, 0.4) is 0 Å². The summed E-state index contributed by atoms with van der Waals surface area (Å²) in [6, 6.07) is 1.46. The maximum Gasteiger partial charge on any atom is 0.309 e. The normalized spacial score (nSPS) is 30.1. The topological polar surface area (TPSA) is 50.1 Å². The number of halogens is 1. The molecule has 2 rings (SSSR count). The molecule has 4 heteroatoms. The molecule has 0 aromatic carbocycles. The fourth-order valence-electron chi connectivity index (χ4n) is 4.22. The van der Waals surface area contributed by atoms with Crippen LogP contribution in [0.5, 0.6) is 0 Å². The van der Waals surface area contributed by atoms with Gasteiger partial charge < -0.3 is 4.74 Å². The van der Waals surface area contributed by atoms with E-state index >= 15 is 0 Å². The summed E-state index contributed by atoms with van der Waals surface area (Å²) < 4.78 is 18.4. The quantitative estimate of drug-likeness (QED) is 0.316. The van der Waals surface area contributed by atoms with Gasteiger partial charge in [-0.1, -0.05) is 25.5 Å². The zero-order valence-corrected chi connectivity index (χ0v) is 16.0. The SMILES string of the molecule is CCC1CCC(C(=O)OC2CCC(CC/C=C/C=C(F)C#N)CC2)CC1. The van der Waals surface area contributed by atoms with Crippen LogP contribution in [0.15, 0.2) is 24.1 Å². The summed E-state index contributed by atoms with van der Waals surface area (Å²) in [6.07, 6.45) is 16.5. The van der Waals surface area contributed by atoms with Gasteiger partial charge in [0.25, 0.3) is 0 Å². The van der Waals surface area contributed by atoms with E-state index in [2.05, 4.69) is 6.92 Å². The Labute approximate surface area is 157 Å². The van der Waals surface area contributed by atoms with E-state index in [0.717, 1.165) is 57.3 Å². The molecule has 3 nitrogen and oxygen atoms in total. The van der Waals surface area contributed by atoms with Crippen LogP contribution < -0.4 is 0 Å². The number of esters is 1. The Kier molecular flexibility index (Phi) is 8.88. The molecule has 0 atom stereocenters. The zero-order valence-electron chi connectivity index (χ0n) is 16.0. The smallest absolute Gasteiger partial charge is 0.309 e. The number of rotatable bonds is 7. The molecule has 2 aliphatic carbocycles. The third kappa shape index (κ3) is 6.94. The van der Waals surface area contributed by atoms with E-state index in [4.69, 9.17) is 10.00 Å². The molecule has 26 heavy (non-hydrogen) atoms. The summed E-state index contributed by atoms with van der Waals surface area (Å²) in [6.45, 7) is 2.23. The van der Waals surface area contributed by atoms with E-state index in [9.17, 15) is 9.18 Å². The molecule has 0 aliphatic heterocycles. The van der Waals surface area contributed by atoms with Gasteiger partial charge in [-0.15, -0.1) is 0 Å². The van der Waals surface area contributed by atoms with Gasteiger partial charge in [0, 0.05) is 0 Å². The van der Waals surface area contributed by atoms with Gasteiger partial charge in [0.05, 0.1) is 5.92 Å². The predicted molar refractivity (Wildman–Crippen MR) is 101 cm³/mol. The van der Waals surface area contributed by atoms with Crippen molar-refractivity contribution in [3.63, 3.8) is 0 Å². The molecule has 0 spiro atoms. The van der Waals surface area contributed by atoms with Gasteiger partial charge in [-0.2, -0.15) is 9.65 Å². The minimum absolute atomic E-state index is 0.0391.